The highest BCUT2D eigenvalue weighted by Crippen LogP contribution is 2.32. The van der Waals surface area contributed by atoms with E-state index in [-0.39, 0.29) is 27.4 Å². The molecule has 3 aromatic rings. The van der Waals surface area contributed by atoms with Crippen LogP contribution in [-0.2, 0) is 14.8 Å². The smallest absolute Gasteiger partial charge is 0.261 e. The van der Waals surface area contributed by atoms with Gasteiger partial charge < -0.3 is 9.84 Å². The fourth-order valence-corrected chi connectivity index (χ4v) is 4.16. The number of aromatic nitrogens is 1. The lowest BCUT2D eigenvalue weighted by Gasteiger charge is -2.09. The SMILES string of the molecule is Cc1noc(/C=C\c2ccc(S(=O)(=O)Nc3ccc(Cl)cc3F)cc2)c1NC(=O)C1CC1. The Morgan fingerprint density at radius 2 is 1.91 bits per heavy atom. The van der Waals surface area contributed by atoms with Gasteiger partial charge in [-0.2, -0.15) is 0 Å². The van der Waals surface area contributed by atoms with Crippen LogP contribution >= 0.6 is 11.6 Å². The molecule has 1 amide bonds. The Morgan fingerprint density at radius 3 is 2.56 bits per heavy atom. The molecule has 0 saturated heterocycles. The molecule has 4 rings (SSSR count). The van der Waals surface area contributed by atoms with Gasteiger partial charge in [-0.15, -0.1) is 0 Å². The molecule has 0 unspecified atom stereocenters. The van der Waals surface area contributed by atoms with Crippen LogP contribution in [0.2, 0.25) is 5.02 Å². The molecule has 166 valence electrons. The Kier molecular flexibility index (Phi) is 6.03. The van der Waals surface area contributed by atoms with Gasteiger partial charge in [0.2, 0.25) is 5.91 Å². The maximum absolute atomic E-state index is 13.9. The third-order valence-electron chi connectivity index (χ3n) is 4.88. The highest BCUT2D eigenvalue weighted by atomic mass is 35.5. The second-order valence-corrected chi connectivity index (χ2v) is 9.52. The maximum atomic E-state index is 13.9. The average Bonchev–Trinajstić information content (AvgIpc) is 3.55. The van der Waals surface area contributed by atoms with Gasteiger partial charge in [-0.1, -0.05) is 35.0 Å². The quantitative estimate of drug-likeness (QED) is 0.495. The second-order valence-electron chi connectivity index (χ2n) is 7.40. The number of sulfonamides is 1. The minimum atomic E-state index is -3.98. The lowest BCUT2D eigenvalue weighted by molar-refractivity contribution is -0.117. The fraction of sp³-hybridized carbons (Fsp3) is 0.182. The summed E-state index contributed by atoms with van der Waals surface area (Å²) in [5.74, 6) is -0.378. The maximum Gasteiger partial charge on any atom is 0.261 e. The molecule has 0 atom stereocenters. The minimum absolute atomic E-state index is 0.0307. The van der Waals surface area contributed by atoms with E-state index in [0.29, 0.717) is 22.7 Å². The molecular weight excluding hydrogens is 457 g/mol. The average molecular weight is 476 g/mol. The summed E-state index contributed by atoms with van der Waals surface area (Å²) in [7, 11) is -3.98. The number of anilines is 2. The Labute approximate surface area is 189 Å². The number of rotatable bonds is 7. The largest absolute Gasteiger partial charge is 0.354 e. The predicted molar refractivity (Wildman–Crippen MR) is 120 cm³/mol. The molecule has 10 heteroatoms. The minimum Gasteiger partial charge on any atom is -0.354 e. The summed E-state index contributed by atoms with van der Waals surface area (Å²) in [6.07, 6.45) is 5.12. The lowest BCUT2D eigenvalue weighted by atomic mass is 10.2. The van der Waals surface area contributed by atoms with E-state index >= 15 is 0 Å². The molecule has 1 aliphatic rings. The van der Waals surface area contributed by atoms with Crippen molar-refractivity contribution in [3.8, 4) is 0 Å². The Hall–Kier alpha value is -3.17. The molecule has 1 aromatic heterocycles. The number of amides is 1. The number of aryl methyl sites for hydroxylation is 1. The third-order valence-corrected chi connectivity index (χ3v) is 6.49. The van der Waals surface area contributed by atoms with Crippen molar-refractivity contribution in [2.24, 2.45) is 5.92 Å². The van der Waals surface area contributed by atoms with Gasteiger partial charge in [0.1, 0.15) is 17.2 Å². The number of nitrogens with zero attached hydrogens (tertiary/aromatic N) is 1. The van der Waals surface area contributed by atoms with Crippen LogP contribution < -0.4 is 10.0 Å². The van der Waals surface area contributed by atoms with E-state index in [9.17, 15) is 17.6 Å². The first kappa shape index (κ1) is 22.0. The Bertz CT molecular complexity index is 1300. The zero-order chi connectivity index (χ0) is 22.9. The normalized spacial score (nSPS) is 14.0. The standard InChI is InChI=1S/C22H19ClFN3O4S/c1-13-21(25-22(28)15-5-6-15)20(31-26-13)11-4-14-2-8-17(9-3-14)32(29,30)27-19-10-7-16(23)12-18(19)24/h2-4,7-12,15,27H,5-6H2,1H3,(H,25,28)/b11-4-. The lowest BCUT2D eigenvalue weighted by Crippen LogP contribution is -2.14. The molecule has 1 fully saturated rings. The highest BCUT2D eigenvalue weighted by molar-refractivity contribution is 7.92. The molecule has 1 aliphatic carbocycles. The first-order chi connectivity index (χ1) is 15.2. The van der Waals surface area contributed by atoms with E-state index in [4.69, 9.17) is 16.1 Å². The number of carbonyl (C=O) groups is 1. The number of nitrogens with one attached hydrogen (secondary N) is 2. The van der Waals surface area contributed by atoms with Crippen molar-refractivity contribution in [3.05, 3.63) is 70.3 Å². The van der Waals surface area contributed by atoms with Gasteiger partial charge in [-0.3, -0.25) is 9.52 Å². The van der Waals surface area contributed by atoms with Gasteiger partial charge in [-0.05, 0) is 61.7 Å². The molecule has 0 bridgehead atoms. The van der Waals surface area contributed by atoms with Gasteiger partial charge in [0.15, 0.2) is 5.76 Å². The number of halogens is 2. The van der Waals surface area contributed by atoms with Gasteiger partial charge in [0.25, 0.3) is 10.0 Å². The first-order valence-corrected chi connectivity index (χ1v) is 11.6. The summed E-state index contributed by atoms with van der Waals surface area (Å²) < 4.78 is 46.5. The van der Waals surface area contributed by atoms with Crippen molar-refractivity contribution in [1.29, 1.82) is 0 Å². The number of carbonyl (C=O) groups excluding carboxylic acids is 1. The van der Waals surface area contributed by atoms with E-state index in [1.165, 1.54) is 24.3 Å². The molecule has 32 heavy (non-hydrogen) atoms. The number of hydrogen-bond acceptors (Lipinski definition) is 5. The fourth-order valence-electron chi connectivity index (χ4n) is 2.93. The van der Waals surface area contributed by atoms with Crippen molar-refractivity contribution in [2.45, 2.75) is 24.7 Å². The van der Waals surface area contributed by atoms with Crippen LogP contribution in [0.1, 0.15) is 29.9 Å². The summed E-state index contributed by atoms with van der Waals surface area (Å²) in [5, 5.41) is 6.90. The van der Waals surface area contributed by atoms with Crippen LogP contribution in [0.25, 0.3) is 12.2 Å². The zero-order valence-corrected chi connectivity index (χ0v) is 18.5. The van der Waals surface area contributed by atoms with Crippen LogP contribution in [-0.4, -0.2) is 19.5 Å². The summed E-state index contributed by atoms with van der Waals surface area (Å²) in [4.78, 5) is 12.0. The van der Waals surface area contributed by atoms with Crippen molar-refractivity contribution >= 4 is 51.1 Å². The molecule has 2 N–H and O–H groups in total. The molecular formula is C22H19ClFN3O4S. The van der Waals surface area contributed by atoms with Gasteiger partial charge in [-0.25, -0.2) is 12.8 Å². The van der Waals surface area contributed by atoms with E-state index in [2.05, 4.69) is 15.2 Å². The van der Waals surface area contributed by atoms with E-state index in [1.807, 2.05) is 0 Å². The second kappa shape index (κ2) is 8.76. The Morgan fingerprint density at radius 1 is 1.19 bits per heavy atom. The molecule has 2 aromatic carbocycles. The van der Waals surface area contributed by atoms with Gasteiger partial charge >= 0.3 is 0 Å². The highest BCUT2D eigenvalue weighted by Gasteiger charge is 2.30. The topological polar surface area (TPSA) is 101 Å². The summed E-state index contributed by atoms with van der Waals surface area (Å²) in [6, 6.07) is 9.66. The monoisotopic (exact) mass is 475 g/mol. The molecule has 1 heterocycles. The van der Waals surface area contributed by atoms with E-state index < -0.39 is 15.8 Å². The zero-order valence-electron chi connectivity index (χ0n) is 16.9. The molecule has 0 spiro atoms. The van der Waals surface area contributed by atoms with Crippen molar-refractivity contribution in [1.82, 2.24) is 5.16 Å². The summed E-state index contributed by atoms with van der Waals surface area (Å²) >= 11 is 5.69. The van der Waals surface area contributed by atoms with E-state index in [1.54, 1.807) is 31.2 Å². The van der Waals surface area contributed by atoms with Crippen LogP contribution in [0, 0.1) is 18.7 Å². The molecule has 7 nitrogen and oxygen atoms in total. The summed E-state index contributed by atoms with van der Waals surface area (Å²) in [6.45, 7) is 1.74. The van der Waals surface area contributed by atoms with E-state index in [0.717, 1.165) is 18.9 Å². The van der Waals surface area contributed by atoms with Crippen molar-refractivity contribution in [3.63, 3.8) is 0 Å². The molecule has 0 radical (unpaired) electrons. The van der Waals surface area contributed by atoms with Gasteiger partial charge in [0, 0.05) is 10.9 Å². The first-order valence-electron chi connectivity index (χ1n) is 9.76. The van der Waals surface area contributed by atoms with Crippen LogP contribution in [0.4, 0.5) is 15.8 Å². The van der Waals surface area contributed by atoms with Crippen LogP contribution in [0.5, 0.6) is 0 Å². The Balaban J connectivity index is 1.48. The number of hydrogen-bond donors (Lipinski definition) is 2. The van der Waals surface area contributed by atoms with Crippen molar-refractivity contribution in [2.75, 3.05) is 10.0 Å². The predicted octanol–water partition coefficient (Wildman–Crippen LogP) is 5.10. The van der Waals surface area contributed by atoms with Crippen LogP contribution in [0.15, 0.2) is 51.9 Å². The number of benzene rings is 2. The molecule has 1 saturated carbocycles. The van der Waals surface area contributed by atoms with Gasteiger partial charge in [0.05, 0.1) is 10.6 Å². The summed E-state index contributed by atoms with van der Waals surface area (Å²) in [5.41, 5.74) is 1.59. The molecule has 0 aliphatic heterocycles. The van der Waals surface area contributed by atoms with Crippen molar-refractivity contribution < 1.29 is 22.1 Å². The van der Waals surface area contributed by atoms with Crippen LogP contribution in [0.3, 0.4) is 0 Å². The third kappa shape index (κ3) is 5.00.